The number of nitrogens with one attached hydrogen (secondary N) is 2. The number of sulfonamides is 1. The van der Waals surface area contributed by atoms with Crippen LogP contribution in [0.4, 0.5) is 17.2 Å². The number of hydrogen-bond acceptors (Lipinski definition) is 4. The van der Waals surface area contributed by atoms with Crippen LogP contribution >= 0.6 is 0 Å². The summed E-state index contributed by atoms with van der Waals surface area (Å²) in [7, 11) is -3.66. The average Bonchev–Trinajstić information content (AvgIpc) is 2.61. The van der Waals surface area contributed by atoms with E-state index in [4.69, 9.17) is 0 Å². The minimum Gasteiger partial charge on any atom is -0.340 e. The summed E-state index contributed by atoms with van der Waals surface area (Å²) in [5.74, 6) is 0.650. The number of pyridine rings is 1. The number of aryl methyl sites for hydroxylation is 4. The van der Waals surface area contributed by atoms with Gasteiger partial charge in [0.1, 0.15) is 5.82 Å². The lowest BCUT2D eigenvalue weighted by atomic mass is 10.1. The van der Waals surface area contributed by atoms with Gasteiger partial charge in [-0.05, 0) is 68.7 Å². The molecule has 2 N–H and O–H groups in total. The number of benzene rings is 2. The fraction of sp³-hybridized carbons (Fsp3) is 0.190. The van der Waals surface area contributed by atoms with Gasteiger partial charge in [0.15, 0.2) is 0 Å². The Morgan fingerprint density at radius 3 is 2.19 bits per heavy atom. The maximum Gasteiger partial charge on any atom is 0.262 e. The molecule has 0 saturated carbocycles. The van der Waals surface area contributed by atoms with E-state index in [0.717, 1.165) is 16.8 Å². The maximum atomic E-state index is 12.7. The lowest BCUT2D eigenvalue weighted by Crippen LogP contribution is -2.14. The summed E-state index contributed by atoms with van der Waals surface area (Å²) in [4.78, 5) is 4.60. The van der Waals surface area contributed by atoms with Crippen molar-refractivity contribution in [3.8, 4) is 0 Å². The minimum atomic E-state index is -3.66. The molecule has 0 spiro atoms. The molecule has 140 valence electrons. The number of anilines is 3. The molecule has 1 heterocycles. The van der Waals surface area contributed by atoms with Gasteiger partial charge in [0.2, 0.25) is 0 Å². The third-order valence-electron chi connectivity index (χ3n) is 4.29. The van der Waals surface area contributed by atoms with E-state index in [0.29, 0.717) is 17.1 Å². The third-order valence-corrected chi connectivity index (χ3v) is 5.82. The summed E-state index contributed by atoms with van der Waals surface area (Å²) in [5, 5.41) is 3.25. The summed E-state index contributed by atoms with van der Waals surface area (Å²) < 4.78 is 27.9. The Labute approximate surface area is 160 Å². The summed E-state index contributed by atoms with van der Waals surface area (Å²) in [5.41, 5.74) is 5.30. The van der Waals surface area contributed by atoms with Gasteiger partial charge in [0, 0.05) is 5.69 Å². The quantitative estimate of drug-likeness (QED) is 0.662. The van der Waals surface area contributed by atoms with E-state index in [9.17, 15) is 8.42 Å². The van der Waals surface area contributed by atoms with E-state index < -0.39 is 10.0 Å². The molecule has 27 heavy (non-hydrogen) atoms. The van der Waals surface area contributed by atoms with E-state index in [-0.39, 0.29) is 4.90 Å². The van der Waals surface area contributed by atoms with Gasteiger partial charge >= 0.3 is 0 Å². The first-order valence-corrected chi connectivity index (χ1v) is 10.1. The van der Waals surface area contributed by atoms with Crippen LogP contribution in [0.25, 0.3) is 0 Å². The van der Waals surface area contributed by atoms with Crippen LogP contribution in [0, 0.1) is 27.7 Å². The van der Waals surface area contributed by atoms with Gasteiger partial charge in [-0.25, -0.2) is 13.4 Å². The van der Waals surface area contributed by atoms with E-state index in [1.54, 1.807) is 31.2 Å². The van der Waals surface area contributed by atoms with E-state index in [1.807, 2.05) is 39.0 Å². The predicted octanol–water partition coefficient (Wildman–Crippen LogP) is 4.86. The lowest BCUT2D eigenvalue weighted by Gasteiger charge is -2.12. The molecule has 0 saturated heterocycles. The predicted molar refractivity (Wildman–Crippen MR) is 110 cm³/mol. The topological polar surface area (TPSA) is 71.1 Å². The van der Waals surface area contributed by atoms with Crippen molar-refractivity contribution in [1.82, 2.24) is 4.98 Å². The zero-order chi connectivity index (χ0) is 19.6. The highest BCUT2D eigenvalue weighted by molar-refractivity contribution is 7.92. The average molecular weight is 382 g/mol. The molecule has 3 aromatic rings. The van der Waals surface area contributed by atoms with Crippen molar-refractivity contribution < 1.29 is 8.42 Å². The Morgan fingerprint density at radius 2 is 1.52 bits per heavy atom. The second-order valence-electron chi connectivity index (χ2n) is 6.75. The highest BCUT2D eigenvalue weighted by Gasteiger charge is 2.17. The molecule has 0 radical (unpaired) electrons. The zero-order valence-electron chi connectivity index (χ0n) is 15.9. The van der Waals surface area contributed by atoms with Crippen LogP contribution in [0.1, 0.15) is 22.3 Å². The highest BCUT2D eigenvalue weighted by atomic mass is 32.2. The Morgan fingerprint density at radius 1 is 0.815 bits per heavy atom. The molecule has 6 heteroatoms. The van der Waals surface area contributed by atoms with Crippen molar-refractivity contribution in [1.29, 1.82) is 0 Å². The molecule has 0 amide bonds. The first-order chi connectivity index (χ1) is 12.7. The molecule has 0 aliphatic heterocycles. The fourth-order valence-corrected chi connectivity index (χ4v) is 4.20. The lowest BCUT2D eigenvalue weighted by molar-refractivity contribution is 0.600. The van der Waals surface area contributed by atoms with Crippen molar-refractivity contribution in [2.24, 2.45) is 0 Å². The molecular weight excluding hydrogens is 358 g/mol. The van der Waals surface area contributed by atoms with Crippen LogP contribution in [-0.2, 0) is 10.0 Å². The molecule has 5 nitrogen and oxygen atoms in total. The van der Waals surface area contributed by atoms with Crippen LogP contribution in [-0.4, -0.2) is 13.4 Å². The Hall–Kier alpha value is -2.86. The van der Waals surface area contributed by atoms with Crippen LogP contribution < -0.4 is 10.0 Å². The first kappa shape index (κ1) is 18.9. The molecule has 0 fully saturated rings. The number of hydrogen-bond donors (Lipinski definition) is 2. The molecule has 0 unspecified atom stereocenters. The van der Waals surface area contributed by atoms with Crippen molar-refractivity contribution in [2.45, 2.75) is 32.6 Å². The molecule has 1 aromatic heterocycles. The van der Waals surface area contributed by atoms with E-state index in [1.165, 1.54) is 11.8 Å². The van der Waals surface area contributed by atoms with Crippen LogP contribution in [0.5, 0.6) is 0 Å². The molecule has 0 atom stereocenters. The van der Waals surface area contributed by atoms with Gasteiger partial charge in [0.25, 0.3) is 10.0 Å². The monoisotopic (exact) mass is 381 g/mol. The smallest absolute Gasteiger partial charge is 0.262 e. The van der Waals surface area contributed by atoms with Crippen LogP contribution in [0.2, 0.25) is 0 Å². The molecule has 0 aliphatic carbocycles. The van der Waals surface area contributed by atoms with Crippen molar-refractivity contribution in [3.05, 3.63) is 77.0 Å². The van der Waals surface area contributed by atoms with E-state index in [2.05, 4.69) is 21.1 Å². The standard InChI is InChI=1S/C21H23N3O2S/c1-14-6-9-19(17(4)11-14)23-21-10-8-18(13-22-21)24-27(25,26)20-12-15(2)5-7-16(20)3/h5-13,24H,1-4H3,(H,22,23). The summed E-state index contributed by atoms with van der Waals surface area (Å²) in [6.45, 7) is 7.73. The summed E-state index contributed by atoms with van der Waals surface area (Å²) in [6.07, 6.45) is 1.51. The van der Waals surface area contributed by atoms with Gasteiger partial charge in [-0.1, -0.05) is 29.8 Å². The fourth-order valence-electron chi connectivity index (χ4n) is 2.83. The minimum absolute atomic E-state index is 0.278. The highest BCUT2D eigenvalue weighted by Crippen LogP contribution is 2.23. The molecule has 2 aromatic carbocycles. The van der Waals surface area contributed by atoms with Gasteiger partial charge in [-0.2, -0.15) is 0 Å². The van der Waals surface area contributed by atoms with E-state index >= 15 is 0 Å². The zero-order valence-corrected chi connectivity index (χ0v) is 16.7. The summed E-state index contributed by atoms with van der Waals surface area (Å²) in [6, 6.07) is 14.9. The maximum absolute atomic E-state index is 12.7. The first-order valence-electron chi connectivity index (χ1n) is 8.65. The van der Waals surface area contributed by atoms with Crippen LogP contribution in [0.3, 0.4) is 0 Å². The van der Waals surface area contributed by atoms with Gasteiger partial charge < -0.3 is 5.32 Å². The molecule has 0 aliphatic rings. The van der Waals surface area contributed by atoms with Crippen LogP contribution in [0.15, 0.2) is 59.6 Å². The largest absolute Gasteiger partial charge is 0.340 e. The van der Waals surface area contributed by atoms with Gasteiger partial charge in [-0.15, -0.1) is 0 Å². The van der Waals surface area contributed by atoms with Crippen molar-refractivity contribution in [3.63, 3.8) is 0 Å². The SMILES string of the molecule is Cc1ccc(Nc2ccc(NS(=O)(=O)c3cc(C)ccc3C)cn2)c(C)c1. The Balaban J connectivity index is 1.78. The Kier molecular flexibility index (Phi) is 5.19. The third kappa shape index (κ3) is 4.46. The number of rotatable bonds is 5. The number of aromatic nitrogens is 1. The van der Waals surface area contributed by atoms with Crippen molar-refractivity contribution >= 4 is 27.2 Å². The second-order valence-corrected chi connectivity index (χ2v) is 8.40. The number of nitrogens with zero attached hydrogens (tertiary/aromatic N) is 1. The molecule has 3 rings (SSSR count). The van der Waals surface area contributed by atoms with Crippen molar-refractivity contribution in [2.75, 3.05) is 10.0 Å². The molecule has 0 bridgehead atoms. The second kappa shape index (κ2) is 7.40. The summed E-state index contributed by atoms with van der Waals surface area (Å²) >= 11 is 0. The molecular formula is C21H23N3O2S. The van der Waals surface area contributed by atoms with Gasteiger partial charge in [-0.3, -0.25) is 4.72 Å². The normalized spacial score (nSPS) is 11.3. The van der Waals surface area contributed by atoms with Gasteiger partial charge in [0.05, 0.1) is 16.8 Å². The Bertz CT molecular complexity index is 1080.